The lowest BCUT2D eigenvalue weighted by molar-refractivity contribution is -0.138. The van der Waals surface area contributed by atoms with Gasteiger partial charge < -0.3 is 10.2 Å². The molecule has 0 unspecified atom stereocenters. The van der Waals surface area contributed by atoms with Gasteiger partial charge in [-0.05, 0) is 62.9 Å². The third-order valence-electron chi connectivity index (χ3n) is 5.51. The van der Waals surface area contributed by atoms with Gasteiger partial charge in [-0.25, -0.2) is 0 Å². The van der Waals surface area contributed by atoms with Crippen LogP contribution in [0.2, 0.25) is 0 Å². The molecule has 2 saturated heterocycles. The Morgan fingerprint density at radius 1 is 1.12 bits per heavy atom. The maximum atomic E-state index is 12.7. The zero-order valence-corrected chi connectivity index (χ0v) is 17.0. The van der Waals surface area contributed by atoms with Gasteiger partial charge in [0.1, 0.15) is 0 Å². The highest BCUT2D eigenvalue weighted by molar-refractivity contribution is 9.10. The van der Waals surface area contributed by atoms with Crippen LogP contribution in [-0.2, 0) is 9.59 Å². The Bertz CT molecular complexity index is 636. The van der Waals surface area contributed by atoms with E-state index in [1.165, 1.54) is 0 Å². The van der Waals surface area contributed by atoms with Crippen LogP contribution < -0.4 is 5.32 Å². The lowest BCUT2D eigenvalue weighted by Crippen LogP contribution is -2.46. The van der Waals surface area contributed by atoms with Crippen molar-refractivity contribution in [1.82, 2.24) is 9.80 Å². The molecule has 0 atom stereocenters. The van der Waals surface area contributed by atoms with Gasteiger partial charge in [0.05, 0.1) is 6.54 Å². The van der Waals surface area contributed by atoms with Gasteiger partial charge in [-0.2, -0.15) is 0 Å². The zero-order chi connectivity index (χ0) is 18.5. The molecule has 6 heteroatoms. The summed E-state index contributed by atoms with van der Waals surface area (Å²) in [7, 11) is 0. The average Bonchev–Trinajstić information content (AvgIpc) is 2.62. The summed E-state index contributed by atoms with van der Waals surface area (Å²) in [6.07, 6.45) is 3.96. The highest BCUT2D eigenvalue weighted by Gasteiger charge is 2.30. The topological polar surface area (TPSA) is 52.7 Å². The highest BCUT2D eigenvalue weighted by Crippen LogP contribution is 2.23. The largest absolute Gasteiger partial charge is 0.342 e. The van der Waals surface area contributed by atoms with E-state index in [-0.39, 0.29) is 11.8 Å². The first-order valence-corrected chi connectivity index (χ1v) is 10.4. The molecule has 26 heavy (non-hydrogen) atoms. The summed E-state index contributed by atoms with van der Waals surface area (Å²) in [6.45, 7) is 6.10. The van der Waals surface area contributed by atoms with Crippen molar-refractivity contribution >= 4 is 33.4 Å². The second-order valence-electron chi connectivity index (χ2n) is 7.62. The van der Waals surface area contributed by atoms with Crippen molar-refractivity contribution in [2.75, 3.05) is 38.0 Å². The Labute approximate surface area is 164 Å². The molecule has 3 rings (SSSR count). The monoisotopic (exact) mass is 421 g/mol. The van der Waals surface area contributed by atoms with Gasteiger partial charge in [-0.15, -0.1) is 0 Å². The van der Waals surface area contributed by atoms with E-state index in [9.17, 15) is 9.59 Å². The third-order valence-corrected chi connectivity index (χ3v) is 6.00. The standard InChI is InChI=1S/C20H28BrN3O2/c1-15-5-11-24(12-6-15)20(26)16-7-9-23(10-8-16)14-19(25)22-18-4-2-3-17(21)13-18/h2-4,13,15-16H,5-12,14H2,1H3,(H,22,25). The number of rotatable bonds is 4. The minimum atomic E-state index is -0.00195. The van der Waals surface area contributed by atoms with Crippen LogP contribution in [0.5, 0.6) is 0 Å². The van der Waals surface area contributed by atoms with Gasteiger partial charge in [-0.1, -0.05) is 28.9 Å². The van der Waals surface area contributed by atoms with Crippen LogP contribution in [0, 0.1) is 11.8 Å². The number of amides is 2. The number of piperidine rings is 2. The highest BCUT2D eigenvalue weighted by atomic mass is 79.9. The molecular formula is C20H28BrN3O2. The minimum absolute atomic E-state index is 0.00195. The fourth-order valence-electron chi connectivity index (χ4n) is 3.80. The molecule has 0 spiro atoms. The number of carbonyl (C=O) groups excluding carboxylic acids is 2. The molecule has 2 amide bonds. The summed E-state index contributed by atoms with van der Waals surface area (Å²) >= 11 is 3.41. The maximum Gasteiger partial charge on any atom is 0.238 e. The Balaban J connectivity index is 1.42. The SMILES string of the molecule is CC1CCN(C(=O)C2CCN(CC(=O)Nc3cccc(Br)c3)CC2)CC1. The van der Waals surface area contributed by atoms with Crippen LogP contribution >= 0.6 is 15.9 Å². The van der Waals surface area contributed by atoms with Gasteiger partial charge in [0, 0.05) is 29.2 Å². The molecule has 0 saturated carbocycles. The number of nitrogens with zero attached hydrogens (tertiary/aromatic N) is 2. The summed E-state index contributed by atoms with van der Waals surface area (Å²) in [5.41, 5.74) is 0.800. The van der Waals surface area contributed by atoms with Gasteiger partial charge in [0.25, 0.3) is 0 Å². The maximum absolute atomic E-state index is 12.7. The van der Waals surface area contributed by atoms with Crippen molar-refractivity contribution < 1.29 is 9.59 Å². The van der Waals surface area contributed by atoms with Gasteiger partial charge in [-0.3, -0.25) is 14.5 Å². The number of benzene rings is 1. The molecule has 2 aliphatic rings. The number of likely N-dealkylation sites (tertiary alicyclic amines) is 2. The Morgan fingerprint density at radius 3 is 2.46 bits per heavy atom. The molecule has 2 fully saturated rings. The summed E-state index contributed by atoms with van der Waals surface area (Å²) in [6, 6.07) is 7.61. The fourth-order valence-corrected chi connectivity index (χ4v) is 4.19. The molecule has 1 N–H and O–H groups in total. The predicted octanol–water partition coefficient (Wildman–Crippen LogP) is 3.36. The first kappa shape index (κ1) is 19.4. The van der Waals surface area contributed by atoms with Crippen molar-refractivity contribution in [1.29, 1.82) is 0 Å². The van der Waals surface area contributed by atoms with Crippen molar-refractivity contribution in [3.8, 4) is 0 Å². The van der Waals surface area contributed by atoms with Crippen LogP contribution in [-0.4, -0.2) is 54.3 Å². The van der Waals surface area contributed by atoms with E-state index < -0.39 is 0 Å². The number of nitrogens with one attached hydrogen (secondary N) is 1. The molecule has 5 nitrogen and oxygen atoms in total. The van der Waals surface area contributed by atoms with E-state index in [4.69, 9.17) is 0 Å². The number of hydrogen-bond donors (Lipinski definition) is 1. The summed E-state index contributed by atoms with van der Waals surface area (Å²) in [5, 5.41) is 2.93. The van der Waals surface area contributed by atoms with E-state index >= 15 is 0 Å². The quantitative estimate of drug-likeness (QED) is 0.810. The van der Waals surface area contributed by atoms with Gasteiger partial charge in [0.2, 0.25) is 11.8 Å². The van der Waals surface area contributed by atoms with E-state index in [1.54, 1.807) is 0 Å². The second kappa shape index (κ2) is 9.00. The predicted molar refractivity (Wildman–Crippen MR) is 107 cm³/mol. The molecule has 1 aromatic carbocycles. The lowest BCUT2D eigenvalue weighted by Gasteiger charge is -2.36. The summed E-state index contributed by atoms with van der Waals surface area (Å²) in [5.74, 6) is 1.20. The van der Waals surface area contributed by atoms with Crippen LogP contribution in [0.4, 0.5) is 5.69 Å². The van der Waals surface area contributed by atoms with E-state index in [0.717, 1.165) is 67.9 Å². The van der Waals surface area contributed by atoms with Gasteiger partial charge >= 0.3 is 0 Å². The molecule has 0 radical (unpaired) electrons. The minimum Gasteiger partial charge on any atom is -0.342 e. The summed E-state index contributed by atoms with van der Waals surface area (Å²) in [4.78, 5) is 29.1. The average molecular weight is 422 g/mol. The molecular weight excluding hydrogens is 394 g/mol. The van der Waals surface area contributed by atoms with Crippen molar-refractivity contribution in [3.63, 3.8) is 0 Å². The number of carbonyl (C=O) groups is 2. The Morgan fingerprint density at radius 2 is 1.81 bits per heavy atom. The smallest absolute Gasteiger partial charge is 0.238 e. The van der Waals surface area contributed by atoms with E-state index in [2.05, 4.69) is 38.0 Å². The summed E-state index contributed by atoms with van der Waals surface area (Å²) < 4.78 is 0.946. The van der Waals surface area contributed by atoms with Crippen LogP contribution in [0.1, 0.15) is 32.6 Å². The van der Waals surface area contributed by atoms with E-state index in [0.29, 0.717) is 12.5 Å². The second-order valence-corrected chi connectivity index (χ2v) is 8.53. The molecule has 142 valence electrons. The number of anilines is 1. The van der Waals surface area contributed by atoms with E-state index in [1.807, 2.05) is 24.3 Å². The fraction of sp³-hybridized carbons (Fsp3) is 0.600. The zero-order valence-electron chi connectivity index (χ0n) is 15.4. The van der Waals surface area contributed by atoms with Crippen LogP contribution in [0.25, 0.3) is 0 Å². The molecule has 2 heterocycles. The van der Waals surface area contributed by atoms with Crippen molar-refractivity contribution in [2.45, 2.75) is 32.6 Å². The normalized spacial score (nSPS) is 20.2. The van der Waals surface area contributed by atoms with Crippen molar-refractivity contribution in [3.05, 3.63) is 28.7 Å². The molecule has 0 bridgehead atoms. The first-order valence-electron chi connectivity index (χ1n) is 9.58. The van der Waals surface area contributed by atoms with Crippen LogP contribution in [0.3, 0.4) is 0 Å². The molecule has 2 aliphatic heterocycles. The number of hydrogen-bond acceptors (Lipinski definition) is 3. The third kappa shape index (κ3) is 5.30. The Kier molecular flexibility index (Phi) is 6.70. The molecule has 0 aromatic heterocycles. The first-order chi connectivity index (χ1) is 12.5. The molecule has 1 aromatic rings. The van der Waals surface area contributed by atoms with Crippen LogP contribution in [0.15, 0.2) is 28.7 Å². The number of halogens is 1. The lowest BCUT2D eigenvalue weighted by atomic mass is 9.92. The Hall–Kier alpha value is -1.40. The van der Waals surface area contributed by atoms with Gasteiger partial charge in [0.15, 0.2) is 0 Å². The molecule has 0 aliphatic carbocycles. The van der Waals surface area contributed by atoms with Crippen molar-refractivity contribution in [2.24, 2.45) is 11.8 Å².